The molecule has 1 unspecified atom stereocenters. The standard InChI is InChI=1S/C15H21N3O2/c1-10(8-16-2)9-17-15(20)12-3-5-13-11(7-12)4-6-14(19)18-13/h3,5,7,10,16H,4,6,8-9H2,1-2H3,(H,17,20)(H,18,19). The molecule has 0 fully saturated rings. The van der Waals surface area contributed by atoms with Crippen LogP contribution in [0, 0.1) is 5.92 Å². The van der Waals surface area contributed by atoms with Gasteiger partial charge in [0.15, 0.2) is 0 Å². The van der Waals surface area contributed by atoms with Gasteiger partial charge in [-0.25, -0.2) is 0 Å². The van der Waals surface area contributed by atoms with Crippen molar-refractivity contribution in [2.75, 3.05) is 25.5 Å². The number of amides is 2. The Balaban J connectivity index is 1.99. The summed E-state index contributed by atoms with van der Waals surface area (Å²) in [6, 6.07) is 5.42. The Morgan fingerprint density at radius 2 is 2.15 bits per heavy atom. The van der Waals surface area contributed by atoms with E-state index in [0.717, 1.165) is 17.8 Å². The summed E-state index contributed by atoms with van der Waals surface area (Å²) in [5, 5.41) is 8.83. The van der Waals surface area contributed by atoms with E-state index in [1.165, 1.54) is 0 Å². The van der Waals surface area contributed by atoms with Crippen molar-refractivity contribution in [2.24, 2.45) is 5.92 Å². The number of hydrogen-bond acceptors (Lipinski definition) is 3. The maximum absolute atomic E-state index is 12.1. The minimum atomic E-state index is -0.0624. The van der Waals surface area contributed by atoms with E-state index in [4.69, 9.17) is 0 Å². The summed E-state index contributed by atoms with van der Waals surface area (Å²) in [7, 11) is 1.90. The molecule has 108 valence electrons. The van der Waals surface area contributed by atoms with Crippen LogP contribution in [-0.2, 0) is 11.2 Å². The highest BCUT2D eigenvalue weighted by molar-refractivity contribution is 5.97. The van der Waals surface area contributed by atoms with Gasteiger partial charge in [0, 0.05) is 24.2 Å². The highest BCUT2D eigenvalue weighted by Crippen LogP contribution is 2.23. The number of carbonyl (C=O) groups is 2. The van der Waals surface area contributed by atoms with Crippen LogP contribution in [0.25, 0.3) is 0 Å². The van der Waals surface area contributed by atoms with Gasteiger partial charge in [-0.3, -0.25) is 9.59 Å². The van der Waals surface area contributed by atoms with E-state index in [0.29, 0.717) is 30.9 Å². The lowest BCUT2D eigenvalue weighted by atomic mass is 10.00. The van der Waals surface area contributed by atoms with Crippen molar-refractivity contribution in [2.45, 2.75) is 19.8 Å². The minimum absolute atomic E-state index is 0.0376. The molecule has 1 aromatic carbocycles. The van der Waals surface area contributed by atoms with E-state index in [1.54, 1.807) is 12.1 Å². The molecule has 2 rings (SSSR count). The second-order valence-electron chi connectivity index (χ2n) is 5.29. The summed E-state index contributed by atoms with van der Waals surface area (Å²) in [5.41, 5.74) is 2.50. The molecular weight excluding hydrogens is 254 g/mol. The van der Waals surface area contributed by atoms with Crippen molar-refractivity contribution in [1.82, 2.24) is 10.6 Å². The van der Waals surface area contributed by atoms with E-state index < -0.39 is 0 Å². The highest BCUT2D eigenvalue weighted by atomic mass is 16.2. The number of fused-ring (bicyclic) bond motifs is 1. The topological polar surface area (TPSA) is 70.2 Å². The lowest BCUT2D eigenvalue weighted by molar-refractivity contribution is -0.116. The number of anilines is 1. The zero-order valence-corrected chi connectivity index (χ0v) is 12.0. The van der Waals surface area contributed by atoms with Crippen LogP contribution in [0.2, 0.25) is 0 Å². The number of nitrogens with one attached hydrogen (secondary N) is 3. The fourth-order valence-electron chi connectivity index (χ4n) is 2.31. The normalized spacial score (nSPS) is 15.2. The van der Waals surface area contributed by atoms with Gasteiger partial charge in [-0.2, -0.15) is 0 Å². The van der Waals surface area contributed by atoms with Crippen LogP contribution in [0.4, 0.5) is 5.69 Å². The molecule has 0 saturated heterocycles. The number of benzene rings is 1. The highest BCUT2D eigenvalue weighted by Gasteiger charge is 2.16. The van der Waals surface area contributed by atoms with Gasteiger partial charge >= 0.3 is 0 Å². The van der Waals surface area contributed by atoms with Crippen LogP contribution in [0.15, 0.2) is 18.2 Å². The molecule has 3 N–H and O–H groups in total. The minimum Gasteiger partial charge on any atom is -0.352 e. The maximum Gasteiger partial charge on any atom is 0.251 e. The summed E-state index contributed by atoms with van der Waals surface area (Å²) < 4.78 is 0. The van der Waals surface area contributed by atoms with Gasteiger partial charge < -0.3 is 16.0 Å². The molecule has 1 atom stereocenters. The number of aryl methyl sites for hydroxylation is 1. The Morgan fingerprint density at radius 1 is 1.35 bits per heavy atom. The predicted molar refractivity (Wildman–Crippen MR) is 78.8 cm³/mol. The summed E-state index contributed by atoms with van der Waals surface area (Å²) in [6.07, 6.45) is 1.18. The molecule has 2 amide bonds. The first-order chi connectivity index (χ1) is 9.60. The van der Waals surface area contributed by atoms with Crippen molar-refractivity contribution in [3.63, 3.8) is 0 Å². The van der Waals surface area contributed by atoms with Crippen molar-refractivity contribution >= 4 is 17.5 Å². The Morgan fingerprint density at radius 3 is 2.90 bits per heavy atom. The second-order valence-corrected chi connectivity index (χ2v) is 5.29. The molecule has 1 aliphatic rings. The zero-order chi connectivity index (χ0) is 14.5. The number of carbonyl (C=O) groups excluding carboxylic acids is 2. The first-order valence-electron chi connectivity index (χ1n) is 6.95. The Kier molecular flexibility index (Phi) is 4.74. The third-order valence-electron chi connectivity index (χ3n) is 3.43. The number of rotatable bonds is 5. The quantitative estimate of drug-likeness (QED) is 0.755. The van der Waals surface area contributed by atoms with Crippen molar-refractivity contribution in [3.05, 3.63) is 29.3 Å². The van der Waals surface area contributed by atoms with Crippen LogP contribution in [0.1, 0.15) is 29.3 Å². The summed E-state index contributed by atoms with van der Waals surface area (Å²) in [6.45, 7) is 3.60. The smallest absolute Gasteiger partial charge is 0.251 e. The Bertz CT molecular complexity index is 514. The average molecular weight is 275 g/mol. The average Bonchev–Trinajstić information content (AvgIpc) is 2.44. The van der Waals surface area contributed by atoms with Gasteiger partial charge in [-0.1, -0.05) is 6.92 Å². The fraction of sp³-hybridized carbons (Fsp3) is 0.467. The molecule has 0 bridgehead atoms. The SMILES string of the molecule is CNCC(C)CNC(=O)c1ccc2c(c1)CCC(=O)N2. The van der Waals surface area contributed by atoms with E-state index in [1.807, 2.05) is 13.1 Å². The second kappa shape index (κ2) is 6.52. The molecule has 0 radical (unpaired) electrons. The molecule has 5 nitrogen and oxygen atoms in total. The van der Waals surface area contributed by atoms with Gasteiger partial charge in [-0.05, 0) is 49.7 Å². The zero-order valence-electron chi connectivity index (χ0n) is 12.0. The van der Waals surface area contributed by atoms with E-state index in [-0.39, 0.29) is 11.8 Å². The molecule has 0 aromatic heterocycles. The van der Waals surface area contributed by atoms with Crippen molar-refractivity contribution in [1.29, 1.82) is 0 Å². The van der Waals surface area contributed by atoms with Crippen LogP contribution in [0.3, 0.4) is 0 Å². The lowest BCUT2D eigenvalue weighted by Gasteiger charge is -2.18. The molecule has 20 heavy (non-hydrogen) atoms. The summed E-state index contributed by atoms with van der Waals surface area (Å²) in [5.74, 6) is 0.365. The fourth-order valence-corrected chi connectivity index (χ4v) is 2.31. The Labute approximate surface area is 119 Å². The van der Waals surface area contributed by atoms with Gasteiger partial charge in [0.1, 0.15) is 0 Å². The van der Waals surface area contributed by atoms with Gasteiger partial charge in [-0.15, -0.1) is 0 Å². The first-order valence-corrected chi connectivity index (χ1v) is 6.95. The number of hydrogen-bond donors (Lipinski definition) is 3. The van der Waals surface area contributed by atoms with Crippen LogP contribution in [-0.4, -0.2) is 32.0 Å². The first kappa shape index (κ1) is 14.5. The molecule has 1 aromatic rings. The largest absolute Gasteiger partial charge is 0.352 e. The predicted octanol–water partition coefficient (Wildman–Crippen LogP) is 1.16. The third-order valence-corrected chi connectivity index (χ3v) is 3.43. The molecule has 0 saturated carbocycles. The molecule has 1 heterocycles. The van der Waals surface area contributed by atoms with E-state index in [9.17, 15) is 9.59 Å². The van der Waals surface area contributed by atoms with Gasteiger partial charge in [0.2, 0.25) is 5.91 Å². The van der Waals surface area contributed by atoms with E-state index in [2.05, 4.69) is 22.9 Å². The summed E-state index contributed by atoms with van der Waals surface area (Å²) >= 11 is 0. The molecule has 1 aliphatic heterocycles. The van der Waals surface area contributed by atoms with Gasteiger partial charge in [0.05, 0.1) is 0 Å². The molecule has 0 aliphatic carbocycles. The van der Waals surface area contributed by atoms with Crippen molar-refractivity contribution < 1.29 is 9.59 Å². The van der Waals surface area contributed by atoms with E-state index >= 15 is 0 Å². The molecule has 0 spiro atoms. The monoisotopic (exact) mass is 275 g/mol. The van der Waals surface area contributed by atoms with Gasteiger partial charge in [0.25, 0.3) is 5.91 Å². The van der Waals surface area contributed by atoms with Crippen molar-refractivity contribution in [3.8, 4) is 0 Å². The van der Waals surface area contributed by atoms with Crippen LogP contribution < -0.4 is 16.0 Å². The molecular formula is C15H21N3O2. The van der Waals surface area contributed by atoms with Crippen LogP contribution in [0.5, 0.6) is 0 Å². The van der Waals surface area contributed by atoms with Crippen LogP contribution >= 0.6 is 0 Å². The summed E-state index contributed by atoms with van der Waals surface area (Å²) in [4.78, 5) is 23.4. The molecule has 5 heteroatoms. The third kappa shape index (κ3) is 3.57. The lowest BCUT2D eigenvalue weighted by Crippen LogP contribution is -2.32. The Hall–Kier alpha value is -1.88. The maximum atomic E-state index is 12.1.